The number of aliphatic imine (C=N–C) groups is 1. The van der Waals surface area contributed by atoms with Crippen LogP contribution in [0.2, 0.25) is 0 Å². The molecule has 1 atom stereocenters. The molecule has 128 valence electrons. The molecule has 8 heteroatoms. The molecule has 0 spiro atoms. The number of ketones is 1. The van der Waals surface area contributed by atoms with Gasteiger partial charge in [0.25, 0.3) is 0 Å². The molecule has 3 aliphatic heterocycles. The van der Waals surface area contributed by atoms with Gasteiger partial charge in [-0.3, -0.25) is 24.9 Å². The Morgan fingerprint density at radius 1 is 1.32 bits per heavy atom. The van der Waals surface area contributed by atoms with Gasteiger partial charge in [-0.15, -0.1) is 0 Å². The molecule has 0 aromatic carbocycles. The molecule has 4 heterocycles. The van der Waals surface area contributed by atoms with E-state index in [0.717, 1.165) is 23.4 Å². The first-order chi connectivity index (χ1) is 12.2. The van der Waals surface area contributed by atoms with Crippen LogP contribution < -0.4 is 10.8 Å². The summed E-state index contributed by atoms with van der Waals surface area (Å²) in [5.41, 5.74) is 5.80. The third-order valence-corrected chi connectivity index (χ3v) is 4.36. The third-order valence-electron chi connectivity index (χ3n) is 4.36. The van der Waals surface area contributed by atoms with Gasteiger partial charge in [0.2, 0.25) is 5.91 Å². The number of anilines is 1. The number of allylic oxidation sites excluding steroid dienone is 2. The normalized spacial score (nSPS) is 21.3. The minimum atomic E-state index is -0.179. The van der Waals surface area contributed by atoms with Crippen molar-refractivity contribution in [3.8, 4) is 0 Å². The molecule has 8 nitrogen and oxygen atoms in total. The van der Waals surface area contributed by atoms with E-state index in [1.54, 1.807) is 6.20 Å². The van der Waals surface area contributed by atoms with E-state index in [9.17, 15) is 9.59 Å². The summed E-state index contributed by atoms with van der Waals surface area (Å²) in [5, 5.41) is 2.68. The average Bonchev–Trinajstić information content (AvgIpc) is 3.30. The second kappa shape index (κ2) is 6.56. The lowest BCUT2D eigenvalue weighted by atomic mass is 10.00. The molecule has 0 saturated carbocycles. The van der Waals surface area contributed by atoms with E-state index in [1.807, 2.05) is 12.2 Å². The largest absolute Gasteiger partial charge is 0.310 e. The Morgan fingerprint density at radius 2 is 2.24 bits per heavy atom. The number of nitrogens with zero attached hydrogens (tertiary/aromatic N) is 3. The van der Waals surface area contributed by atoms with Gasteiger partial charge in [0.05, 0.1) is 5.71 Å². The molecule has 1 aromatic rings. The summed E-state index contributed by atoms with van der Waals surface area (Å²) in [5.74, 6) is 0.293. The first kappa shape index (κ1) is 15.6. The van der Waals surface area contributed by atoms with Gasteiger partial charge in [-0.2, -0.15) is 0 Å². The zero-order valence-electron chi connectivity index (χ0n) is 13.5. The Labute approximate surface area is 144 Å². The summed E-state index contributed by atoms with van der Waals surface area (Å²) in [7, 11) is 0. The van der Waals surface area contributed by atoms with Gasteiger partial charge in [-0.05, 0) is 18.9 Å². The monoisotopic (exact) mass is 339 g/mol. The Hall–Kier alpha value is -2.87. The zero-order valence-corrected chi connectivity index (χ0v) is 13.5. The van der Waals surface area contributed by atoms with Gasteiger partial charge in [0.15, 0.2) is 5.78 Å². The van der Waals surface area contributed by atoms with E-state index in [0.29, 0.717) is 37.2 Å². The molecule has 1 unspecified atom stereocenters. The van der Waals surface area contributed by atoms with Crippen LogP contribution in [-0.4, -0.2) is 33.5 Å². The van der Waals surface area contributed by atoms with Crippen LogP contribution in [0.5, 0.6) is 0 Å². The molecule has 0 radical (unpaired) electrons. The van der Waals surface area contributed by atoms with Crippen LogP contribution in [-0.2, 0) is 16.1 Å². The van der Waals surface area contributed by atoms with Crippen molar-refractivity contribution in [3.05, 3.63) is 41.6 Å². The van der Waals surface area contributed by atoms with Crippen LogP contribution in [0.1, 0.15) is 41.7 Å². The number of carbonyl (C=O) groups excluding carboxylic acids is 2. The minimum Gasteiger partial charge on any atom is -0.310 e. The van der Waals surface area contributed by atoms with Gasteiger partial charge in [0.1, 0.15) is 23.9 Å². The molecular weight excluding hydrogens is 322 g/mol. The summed E-state index contributed by atoms with van der Waals surface area (Å²) in [6.45, 7) is 0. The van der Waals surface area contributed by atoms with Crippen LogP contribution in [0.25, 0.3) is 0 Å². The second-order valence-corrected chi connectivity index (χ2v) is 6.06. The highest BCUT2D eigenvalue weighted by atomic mass is 16.7. The zero-order chi connectivity index (χ0) is 17.2. The fraction of sp³-hybridized carbons (Fsp3) is 0.353. The molecule has 0 saturated heterocycles. The summed E-state index contributed by atoms with van der Waals surface area (Å²) in [6.07, 6.45) is 9.29. The molecule has 25 heavy (non-hydrogen) atoms. The highest BCUT2D eigenvalue weighted by Gasteiger charge is 2.25. The molecule has 0 fully saturated rings. The Balaban J connectivity index is 1.41. The predicted octanol–water partition coefficient (Wildman–Crippen LogP) is 1.47. The maximum absolute atomic E-state index is 12.6. The first-order valence-electron chi connectivity index (χ1n) is 8.21. The number of fused-ring (bicyclic) bond motifs is 1. The standard InChI is InChI=1S/C17H17N5O3/c23-13(16-11-4-6-15(24)21-17(11)20-9-19-16)5-3-10-8-14(25-22-10)12-2-1-7-18-12/h1,7-9,14,22H,2-6H2,(H,19,20,21,24). The quantitative estimate of drug-likeness (QED) is 0.787. The smallest absolute Gasteiger partial charge is 0.225 e. The predicted molar refractivity (Wildman–Crippen MR) is 89.8 cm³/mol. The highest BCUT2D eigenvalue weighted by Crippen LogP contribution is 2.24. The van der Waals surface area contributed by atoms with E-state index in [-0.39, 0.29) is 17.8 Å². The van der Waals surface area contributed by atoms with Crippen LogP contribution in [0.15, 0.2) is 35.4 Å². The van der Waals surface area contributed by atoms with Crippen molar-refractivity contribution in [1.29, 1.82) is 0 Å². The van der Waals surface area contributed by atoms with Crippen LogP contribution in [0.4, 0.5) is 5.82 Å². The lowest BCUT2D eigenvalue weighted by Gasteiger charge is -2.17. The van der Waals surface area contributed by atoms with E-state index in [2.05, 4.69) is 25.8 Å². The minimum absolute atomic E-state index is 0.0687. The summed E-state index contributed by atoms with van der Waals surface area (Å²) in [4.78, 5) is 41.9. The molecule has 1 amide bonds. The van der Waals surface area contributed by atoms with Crippen molar-refractivity contribution >= 4 is 23.2 Å². The van der Waals surface area contributed by atoms with Gasteiger partial charge < -0.3 is 5.32 Å². The van der Waals surface area contributed by atoms with Crippen molar-refractivity contribution in [3.63, 3.8) is 0 Å². The number of hydrogen-bond donors (Lipinski definition) is 2. The van der Waals surface area contributed by atoms with E-state index in [1.165, 1.54) is 6.33 Å². The second-order valence-electron chi connectivity index (χ2n) is 6.06. The Bertz CT molecular complexity index is 828. The maximum Gasteiger partial charge on any atom is 0.225 e. The molecule has 2 N–H and O–H groups in total. The maximum atomic E-state index is 12.6. The third kappa shape index (κ3) is 3.20. The molecule has 3 aliphatic rings. The summed E-state index contributed by atoms with van der Waals surface area (Å²) < 4.78 is 0. The number of Topliss-reactive ketones (excluding diaryl/α,β-unsaturated/α-hetero) is 1. The topological polar surface area (TPSA) is 106 Å². The molecule has 0 aliphatic carbocycles. The average molecular weight is 339 g/mol. The Morgan fingerprint density at radius 3 is 3.08 bits per heavy atom. The molecule has 1 aromatic heterocycles. The lowest BCUT2D eigenvalue weighted by molar-refractivity contribution is -0.116. The molecular formula is C17H17N5O3. The van der Waals surface area contributed by atoms with E-state index < -0.39 is 0 Å². The number of rotatable bonds is 5. The van der Waals surface area contributed by atoms with Crippen molar-refractivity contribution in [1.82, 2.24) is 15.4 Å². The van der Waals surface area contributed by atoms with Crippen molar-refractivity contribution < 1.29 is 14.4 Å². The summed E-state index contributed by atoms with van der Waals surface area (Å²) in [6, 6.07) is 0. The van der Waals surface area contributed by atoms with Crippen LogP contribution >= 0.6 is 0 Å². The number of hydroxylamine groups is 1. The highest BCUT2D eigenvalue weighted by molar-refractivity contribution is 6.00. The van der Waals surface area contributed by atoms with Crippen molar-refractivity contribution in [2.75, 3.05) is 5.32 Å². The summed E-state index contributed by atoms with van der Waals surface area (Å²) >= 11 is 0. The van der Waals surface area contributed by atoms with E-state index in [4.69, 9.17) is 4.84 Å². The van der Waals surface area contributed by atoms with Gasteiger partial charge in [-0.1, -0.05) is 6.08 Å². The van der Waals surface area contributed by atoms with Gasteiger partial charge in [0, 0.05) is 36.7 Å². The number of amides is 1. The fourth-order valence-electron chi connectivity index (χ4n) is 3.05. The fourth-order valence-corrected chi connectivity index (χ4v) is 3.05. The number of hydrogen-bond acceptors (Lipinski definition) is 7. The number of aromatic nitrogens is 2. The van der Waals surface area contributed by atoms with E-state index >= 15 is 0 Å². The molecule has 4 rings (SSSR count). The molecule has 0 bridgehead atoms. The van der Waals surface area contributed by atoms with Crippen LogP contribution in [0.3, 0.4) is 0 Å². The van der Waals surface area contributed by atoms with Crippen LogP contribution in [0, 0.1) is 0 Å². The first-order valence-corrected chi connectivity index (χ1v) is 8.21. The van der Waals surface area contributed by atoms with Gasteiger partial charge in [-0.25, -0.2) is 9.97 Å². The Kier molecular flexibility index (Phi) is 4.10. The lowest BCUT2D eigenvalue weighted by Crippen LogP contribution is -2.23. The number of carbonyl (C=O) groups is 2. The SMILES string of the molecule is O=C1CCc2c(ncnc2C(=O)CCC2=CC(C3=NC=CC3)ON2)N1. The van der Waals surface area contributed by atoms with Gasteiger partial charge >= 0.3 is 0 Å². The van der Waals surface area contributed by atoms with Crippen molar-refractivity contribution in [2.45, 2.75) is 38.2 Å². The number of nitrogens with one attached hydrogen (secondary N) is 2. The van der Waals surface area contributed by atoms with Crippen molar-refractivity contribution in [2.24, 2.45) is 4.99 Å².